The Morgan fingerprint density at radius 1 is 1.20 bits per heavy atom. The van der Waals surface area contributed by atoms with Gasteiger partial charge in [-0.15, -0.1) is 0 Å². The van der Waals surface area contributed by atoms with Crippen LogP contribution in [-0.2, 0) is 14.3 Å². The van der Waals surface area contributed by atoms with Crippen LogP contribution in [0.1, 0.15) is 25.7 Å². The smallest absolute Gasteiger partial charge is 0.329 e. The van der Waals surface area contributed by atoms with Gasteiger partial charge in [-0.05, 0) is 37.5 Å². The summed E-state index contributed by atoms with van der Waals surface area (Å²) in [5.41, 5.74) is 0. The molecule has 5 heteroatoms. The van der Waals surface area contributed by atoms with E-state index >= 15 is 0 Å². The summed E-state index contributed by atoms with van der Waals surface area (Å²) in [7, 11) is 0. The van der Waals surface area contributed by atoms with Gasteiger partial charge in [-0.2, -0.15) is 0 Å². The van der Waals surface area contributed by atoms with Crippen molar-refractivity contribution in [2.45, 2.75) is 31.8 Å². The number of carbonyl (C=O) groups is 2. The second-order valence-corrected chi connectivity index (χ2v) is 6.12. The molecule has 0 aromatic carbocycles. The van der Waals surface area contributed by atoms with Crippen molar-refractivity contribution in [3.05, 3.63) is 12.2 Å². The summed E-state index contributed by atoms with van der Waals surface area (Å²) in [5, 5.41) is 8.59. The third kappa shape index (κ3) is 2.73. The Bertz CT molecular complexity index is 426. The van der Waals surface area contributed by atoms with Gasteiger partial charge in [-0.1, -0.05) is 12.2 Å². The predicted molar refractivity (Wildman–Crippen MR) is 72.0 cm³/mol. The molecule has 1 saturated heterocycles. The summed E-state index contributed by atoms with van der Waals surface area (Å²) in [6, 6.07) is 0. The van der Waals surface area contributed by atoms with Gasteiger partial charge >= 0.3 is 5.97 Å². The summed E-state index contributed by atoms with van der Waals surface area (Å²) in [5.74, 6) is 0.608. The second-order valence-electron chi connectivity index (χ2n) is 6.12. The molecule has 2 bridgehead atoms. The largest absolute Gasteiger partial charge is 0.480 e. The second kappa shape index (κ2) is 5.56. The van der Waals surface area contributed by atoms with Crippen LogP contribution in [0.25, 0.3) is 0 Å². The number of carbonyl (C=O) groups excluding carboxylic acids is 1. The Balaban J connectivity index is 1.47. The predicted octanol–water partition coefficient (Wildman–Crippen LogP) is 1.29. The van der Waals surface area contributed by atoms with E-state index in [0.29, 0.717) is 30.8 Å². The molecule has 1 N–H and O–H groups in total. The van der Waals surface area contributed by atoms with Crippen molar-refractivity contribution in [1.82, 2.24) is 4.90 Å². The van der Waals surface area contributed by atoms with Crippen molar-refractivity contribution < 1.29 is 19.4 Å². The lowest BCUT2D eigenvalue weighted by atomic mass is 9.91. The molecule has 2 fully saturated rings. The summed E-state index contributed by atoms with van der Waals surface area (Å²) in [6.45, 7) is 1.15. The molecule has 1 aliphatic heterocycles. The average molecular weight is 279 g/mol. The lowest BCUT2D eigenvalue weighted by Gasteiger charge is -2.34. The first-order chi connectivity index (χ1) is 9.63. The van der Waals surface area contributed by atoms with Crippen molar-refractivity contribution in [3.8, 4) is 0 Å². The van der Waals surface area contributed by atoms with Crippen molar-refractivity contribution >= 4 is 11.9 Å². The molecule has 3 aliphatic rings. The van der Waals surface area contributed by atoms with Gasteiger partial charge in [-0.3, -0.25) is 4.79 Å². The molecule has 3 atom stereocenters. The number of nitrogens with zero attached hydrogens (tertiary/aromatic N) is 1. The number of hydrogen-bond donors (Lipinski definition) is 1. The zero-order valence-electron chi connectivity index (χ0n) is 11.5. The zero-order valence-corrected chi connectivity index (χ0v) is 11.5. The molecule has 0 aromatic heterocycles. The van der Waals surface area contributed by atoms with E-state index in [4.69, 9.17) is 9.84 Å². The first-order valence-electron chi connectivity index (χ1n) is 7.44. The van der Waals surface area contributed by atoms with Gasteiger partial charge in [0.25, 0.3) is 0 Å². The minimum atomic E-state index is -0.933. The Morgan fingerprint density at radius 3 is 2.50 bits per heavy atom. The van der Waals surface area contributed by atoms with E-state index in [2.05, 4.69) is 12.2 Å². The van der Waals surface area contributed by atoms with Crippen molar-refractivity contribution in [2.24, 2.45) is 17.8 Å². The lowest BCUT2D eigenvalue weighted by Crippen LogP contribution is -2.44. The summed E-state index contributed by atoms with van der Waals surface area (Å²) in [6.07, 6.45) is 8.09. The molecule has 3 unspecified atom stereocenters. The van der Waals surface area contributed by atoms with E-state index in [0.717, 1.165) is 25.7 Å². The van der Waals surface area contributed by atoms with Gasteiger partial charge in [0.05, 0.1) is 6.10 Å². The molecule has 3 rings (SSSR count). The first-order valence-corrected chi connectivity index (χ1v) is 7.44. The van der Waals surface area contributed by atoms with Crippen LogP contribution in [-0.4, -0.2) is 47.7 Å². The molecular weight excluding hydrogens is 258 g/mol. The molecule has 20 heavy (non-hydrogen) atoms. The van der Waals surface area contributed by atoms with Crippen molar-refractivity contribution in [2.75, 3.05) is 19.7 Å². The van der Waals surface area contributed by atoms with Crippen molar-refractivity contribution in [1.29, 1.82) is 0 Å². The topological polar surface area (TPSA) is 66.8 Å². The monoisotopic (exact) mass is 279 g/mol. The fourth-order valence-electron chi connectivity index (χ4n) is 3.73. The van der Waals surface area contributed by atoms with E-state index < -0.39 is 5.97 Å². The third-order valence-corrected chi connectivity index (χ3v) is 4.79. The van der Waals surface area contributed by atoms with Gasteiger partial charge < -0.3 is 14.7 Å². The zero-order chi connectivity index (χ0) is 14.1. The minimum Gasteiger partial charge on any atom is -0.480 e. The number of carboxylic acid groups (broad SMARTS) is 1. The fraction of sp³-hybridized carbons (Fsp3) is 0.733. The first kappa shape index (κ1) is 13.6. The molecule has 1 saturated carbocycles. The van der Waals surface area contributed by atoms with E-state index in [1.807, 2.05) is 4.90 Å². The van der Waals surface area contributed by atoms with E-state index in [9.17, 15) is 9.59 Å². The number of allylic oxidation sites excluding steroid dienone is 2. The maximum absolute atomic E-state index is 12.5. The Labute approximate surface area is 118 Å². The van der Waals surface area contributed by atoms with Crippen molar-refractivity contribution in [3.63, 3.8) is 0 Å². The highest BCUT2D eigenvalue weighted by molar-refractivity contribution is 5.80. The van der Waals surface area contributed by atoms with Gasteiger partial charge in [0.2, 0.25) is 5.91 Å². The van der Waals surface area contributed by atoms with Gasteiger partial charge in [0, 0.05) is 19.0 Å². The highest BCUT2D eigenvalue weighted by Crippen LogP contribution is 2.44. The number of ether oxygens (including phenoxy) is 1. The van der Waals surface area contributed by atoms with Gasteiger partial charge in [-0.25, -0.2) is 4.79 Å². The number of likely N-dealkylation sites (tertiary alicyclic amines) is 1. The Kier molecular flexibility index (Phi) is 3.78. The molecule has 0 radical (unpaired) electrons. The lowest BCUT2D eigenvalue weighted by molar-refractivity contribution is -0.147. The normalized spacial score (nSPS) is 32.8. The van der Waals surface area contributed by atoms with Crippen LogP contribution in [0, 0.1) is 17.8 Å². The number of carboxylic acids is 1. The molecule has 1 heterocycles. The number of rotatable bonds is 4. The molecule has 0 aromatic rings. The average Bonchev–Trinajstić information content (AvgIpc) is 3.07. The highest BCUT2D eigenvalue weighted by Gasteiger charge is 2.41. The van der Waals surface area contributed by atoms with Gasteiger partial charge in [0.1, 0.15) is 6.61 Å². The standard InChI is InChI=1S/C15H21NO4/c17-14(18)9-20-12-3-5-16(6-4-12)15(19)13-8-10-1-2-11(13)7-10/h1-2,10-13H,3-9H2,(H,17,18). The van der Waals surface area contributed by atoms with Crippen LogP contribution < -0.4 is 0 Å². The number of amides is 1. The SMILES string of the molecule is O=C(O)COC1CCN(C(=O)C2CC3C=CC2C3)CC1. The molecule has 0 spiro atoms. The molecule has 5 nitrogen and oxygen atoms in total. The molecule has 1 amide bonds. The fourth-order valence-corrected chi connectivity index (χ4v) is 3.73. The van der Waals surface area contributed by atoms with Crippen LogP contribution in [0.3, 0.4) is 0 Å². The molecule has 2 aliphatic carbocycles. The van der Waals surface area contributed by atoms with Crippen LogP contribution in [0.4, 0.5) is 0 Å². The summed E-state index contributed by atoms with van der Waals surface area (Å²) in [4.78, 5) is 24.9. The Morgan fingerprint density at radius 2 is 1.95 bits per heavy atom. The third-order valence-electron chi connectivity index (χ3n) is 4.79. The van der Waals surface area contributed by atoms with Crippen LogP contribution in [0.15, 0.2) is 12.2 Å². The van der Waals surface area contributed by atoms with Crippen LogP contribution in [0.2, 0.25) is 0 Å². The quantitative estimate of drug-likeness (QED) is 0.787. The van der Waals surface area contributed by atoms with E-state index in [-0.39, 0.29) is 18.6 Å². The van der Waals surface area contributed by atoms with Crippen LogP contribution in [0.5, 0.6) is 0 Å². The van der Waals surface area contributed by atoms with E-state index in [1.165, 1.54) is 0 Å². The van der Waals surface area contributed by atoms with Gasteiger partial charge in [0.15, 0.2) is 0 Å². The number of fused-ring (bicyclic) bond motifs is 2. The highest BCUT2D eigenvalue weighted by atomic mass is 16.5. The maximum Gasteiger partial charge on any atom is 0.329 e. The summed E-state index contributed by atoms with van der Waals surface area (Å²) >= 11 is 0. The number of piperidine rings is 1. The maximum atomic E-state index is 12.5. The number of hydrogen-bond acceptors (Lipinski definition) is 3. The number of aliphatic carboxylic acids is 1. The summed E-state index contributed by atoms with van der Waals surface area (Å²) < 4.78 is 5.30. The Hall–Kier alpha value is -1.36. The van der Waals surface area contributed by atoms with Crippen LogP contribution >= 0.6 is 0 Å². The molecule has 110 valence electrons. The minimum absolute atomic E-state index is 0.0184. The van der Waals surface area contributed by atoms with E-state index in [1.54, 1.807) is 0 Å². The molecular formula is C15H21NO4.